The molecule has 616 valence electrons. The van der Waals surface area contributed by atoms with E-state index in [0.29, 0.717) is 38.5 Å². The van der Waals surface area contributed by atoms with Crippen LogP contribution in [0, 0.1) is 0 Å². The number of rotatable bonds is 77. The minimum Gasteiger partial charge on any atom is -0.462 e. The van der Waals surface area contributed by atoms with Gasteiger partial charge in [0.15, 0.2) is 12.2 Å². The molecule has 5 unspecified atom stereocenters. The monoisotopic (exact) mass is 1550 g/mol. The van der Waals surface area contributed by atoms with Crippen molar-refractivity contribution in [1.82, 2.24) is 0 Å². The number of aliphatic hydroxyl groups is 1. The number of aliphatic hydroxyl groups excluding tert-OH is 1. The summed E-state index contributed by atoms with van der Waals surface area (Å²) in [5, 5.41) is 10.7. The predicted octanol–water partition coefficient (Wildman–Crippen LogP) is 24.8. The van der Waals surface area contributed by atoms with E-state index in [0.717, 1.165) is 128 Å². The van der Waals surface area contributed by atoms with Crippen molar-refractivity contribution in [1.29, 1.82) is 0 Å². The van der Waals surface area contributed by atoms with E-state index in [1.807, 2.05) is 36.5 Å². The van der Waals surface area contributed by atoms with E-state index >= 15 is 0 Å². The van der Waals surface area contributed by atoms with Crippen molar-refractivity contribution in [2.75, 3.05) is 39.6 Å². The standard InChI is InChI=1S/C89H148O17P2/c1-5-9-13-17-21-25-29-33-37-39-41-43-47-50-54-58-62-66-70-74-87(92)100-80-85(106-89(94)76-72-68-64-60-56-52-48-44-42-40-38-34-30-26-22-18-14-10-6-2)82-104-108(97,98)102-78-83(90)77-101-107(95,96)103-81-84(105-88(93)75-71-67-63-59-55-51-46-36-32-28-24-20-16-12-8-4)79-99-86(91)73-69-65-61-57-53-49-45-35-31-27-23-19-15-11-7-3/h9-10,13-14,21-22,25-26,33-35,37-38,41-45,50,52,54,56,62,64,66,68,83-85,90H,5-8,11-12,15-20,23-24,27-32,36,39-40,46-49,51,53,55,57-61,63,65,67,69-82H2,1-4H3,(H,95,96)(H,97,98)/b13-9-,14-10-,25-21-,26-22-,37-33-,38-34-,43-41-,44-42-,45-35-,54-50-,56-52-,66-62-,68-64-. The van der Waals surface area contributed by atoms with Gasteiger partial charge in [-0.05, 0) is 128 Å². The van der Waals surface area contributed by atoms with Crippen LogP contribution in [0.15, 0.2) is 158 Å². The number of phosphoric ester groups is 2. The van der Waals surface area contributed by atoms with Crippen LogP contribution in [-0.2, 0) is 65.4 Å². The molecule has 0 fully saturated rings. The van der Waals surface area contributed by atoms with Gasteiger partial charge in [-0.1, -0.05) is 327 Å². The largest absolute Gasteiger partial charge is 0.472 e. The summed E-state index contributed by atoms with van der Waals surface area (Å²) in [5.41, 5.74) is 0. The van der Waals surface area contributed by atoms with Gasteiger partial charge >= 0.3 is 39.5 Å². The third kappa shape index (κ3) is 78.8. The first kappa shape index (κ1) is 103. The van der Waals surface area contributed by atoms with Gasteiger partial charge in [-0.3, -0.25) is 37.3 Å². The zero-order valence-electron chi connectivity index (χ0n) is 67.5. The Hall–Kier alpha value is -5.32. The van der Waals surface area contributed by atoms with Crippen LogP contribution >= 0.6 is 15.6 Å². The van der Waals surface area contributed by atoms with Crippen LogP contribution in [-0.4, -0.2) is 96.7 Å². The van der Waals surface area contributed by atoms with E-state index in [2.05, 4.69) is 149 Å². The zero-order valence-corrected chi connectivity index (χ0v) is 69.3. The molecule has 0 heterocycles. The van der Waals surface area contributed by atoms with Crippen molar-refractivity contribution < 1.29 is 80.2 Å². The minimum atomic E-state index is -5.02. The number of allylic oxidation sites excluding steroid dienone is 26. The summed E-state index contributed by atoms with van der Waals surface area (Å²) in [7, 11) is -10.0. The normalized spacial score (nSPS) is 14.6. The SMILES string of the molecule is CC/C=C\C/C=C\C/C=C\C/C=C\C/C=C\C/C=C\CCC(=O)OCC(COP(=O)(O)OCC(O)COP(=O)(O)OCC(COC(=O)CCCCCCC/C=C\CCCCCCCC)OC(=O)CCCCCCCCCCCCCCCCC)OC(=O)CC/C=C\C/C=C\C/C=C\C/C=C\C/C=C\C/C=C\CC. The van der Waals surface area contributed by atoms with Gasteiger partial charge < -0.3 is 33.8 Å². The quantitative estimate of drug-likeness (QED) is 0.0169. The molecule has 0 radical (unpaired) electrons. The van der Waals surface area contributed by atoms with Gasteiger partial charge in [0.25, 0.3) is 0 Å². The average molecular weight is 1550 g/mol. The number of hydrogen-bond donors (Lipinski definition) is 3. The topological polar surface area (TPSA) is 237 Å². The maximum atomic E-state index is 13.1. The Kier molecular flexibility index (Phi) is 75.8. The van der Waals surface area contributed by atoms with E-state index in [1.165, 1.54) is 103 Å². The lowest BCUT2D eigenvalue weighted by molar-refractivity contribution is -0.161. The highest BCUT2D eigenvalue weighted by molar-refractivity contribution is 7.47. The molecule has 0 amide bonds. The Bertz CT molecular complexity index is 2660. The molecule has 0 aliphatic rings. The summed E-state index contributed by atoms with van der Waals surface area (Å²) in [6.45, 7) is 4.49. The fourth-order valence-corrected chi connectivity index (χ4v) is 12.3. The maximum absolute atomic E-state index is 13.1. The summed E-state index contributed by atoms with van der Waals surface area (Å²) >= 11 is 0. The fourth-order valence-electron chi connectivity index (χ4n) is 10.7. The summed E-state index contributed by atoms with van der Waals surface area (Å²) in [5.74, 6) is -2.38. The van der Waals surface area contributed by atoms with Gasteiger partial charge in [0.05, 0.1) is 26.4 Å². The molecule has 0 saturated carbocycles. The van der Waals surface area contributed by atoms with Gasteiger partial charge in [-0.15, -0.1) is 0 Å². The zero-order chi connectivity index (χ0) is 78.9. The average Bonchev–Trinajstić information content (AvgIpc) is 0.896. The lowest BCUT2D eigenvalue weighted by Gasteiger charge is -2.21. The number of esters is 4. The summed E-state index contributed by atoms with van der Waals surface area (Å²) in [4.78, 5) is 73.1. The highest BCUT2D eigenvalue weighted by Gasteiger charge is 2.30. The molecule has 0 aliphatic heterocycles. The highest BCUT2D eigenvalue weighted by Crippen LogP contribution is 2.45. The van der Waals surface area contributed by atoms with Gasteiger partial charge in [0.2, 0.25) is 0 Å². The van der Waals surface area contributed by atoms with Crippen LogP contribution < -0.4 is 0 Å². The minimum absolute atomic E-state index is 0.0151. The highest BCUT2D eigenvalue weighted by atomic mass is 31.2. The van der Waals surface area contributed by atoms with E-state index in [4.69, 9.17) is 37.0 Å². The second-order valence-corrected chi connectivity index (χ2v) is 30.2. The van der Waals surface area contributed by atoms with Crippen LogP contribution in [0.5, 0.6) is 0 Å². The van der Waals surface area contributed by atoms with Crippen LogP contribution in [0.2, 0.25) is 0 Å². The number of phosphoric acid groups is 2. The summed E-state index contributed by atoms with van der Waals surface area (Å²) in [6, 6.07) is 0. The molecule has 0 aromatic rings. The lowest BCUT2D eigenvalue weighted by Crippen LogP contribution is -2.30. The number of carbonyl (C=O) groups excluding carboxylic acids is 4. The van der Waals surface area contributed by atoms with Crippen molar-refractivity contribution in [2.24, 2.45) is 0 Å². The number of unbranched alkanes of at least 4 members (excludes halogenated alkanes) is 25. The number of hydrogen-bond acceptors (Lipinski definition) is 15. The molecule has 17 nitrogen and oxygen atoms in total. The molecule has 0 aliphatic carbocycles. The molecule has 108 heavy (non-hydrogen) atoms. The second kappa shape index (κ2) is 79.8. The summed E-state index contributed by atoms with van der Waals surface area (Å²) < 4.78 is 68.6. The van der Waals surface area contributed by atoms with E-state index < -0.39 is 97.5 Å². The first-order chi connectivity index (χ1) is 52.7. The van der Waals surface area contributed by atoms with E-state index in [1.54, 1.807) is 0 Å². The maximum Gasteiger partial charge on any atom is 0.472 e. The van der Waals surface area contributed by atoms with Crippen molar-refractivity contribution in [2.45, 2.75) is 341 Å². The molecule has 3 N–H and O–H groups in total. The van der Waals surface area contributed by atoms with Crippen molar-refractivity contribution in [3.63, 3.8) is 0 Å². The third-order valence-electron chi connectivity index (χ3n) is 17.0. The van der Waals surface area contributed by atoms with E-state index in [-0.39, 0.29) is 25.7 Å². The number of ether oxygens (including phenoxy) is 4. The molecular formula is C89H148O17P2. The second-order valence-electron chi connectivity index (χ2n) is 27.3. The molecule has 0 aromatic heterocycles. The molecule has 0 spiro atoms. The Morgan fingerprint density at radius 2 is 0.500 bits per heavy atom. The predicted molar refractivity (Wildman–Crippen MR) is 445 cm³/mol. The fraction of sp³-hybridized carbons (Fsp3) is 0.663. The Morgan fingerprint density at radius 3 is 0.815 bits per heavy atom. The van der Waals surface area contributed by atoms with Crippen LogP contribution in [0.1, 0.15) is 323 Å². The smallest absolute Gasteiger partial charge is 0.462 e. The molecule has 0 aromatic carbocycles. The Morgan fingerprint density at radius 1 is 0.269 bits per heavy atom. The van der Waals surface area contributed by atoms with Gasteiger partial charge in [0.1, 0.15) is 19.3 Å². The van der Waals surface area contributed by atoms with E-state index in [9.17, 15) is 43.2 Å². The van der Waals surface area contributed by atoms with Gasteiger partial charge in [-0.25, -0.2) is 9.13 Å². The lowest BCUT2D eigenvalue weighted by atomic mass is 10.0. The summed E-state index contributed by atoms with van der Waals surface area (Å²) in [6.07, 6.45) is 93.9. The first-order valence-corrected chi connectivity index (χ1v) is 44.7. The molecule has 0 bridgehead atoms. The molecular weight excluding hydrogens is 1400 g/mol. The van der Waals surface area contributed by atoms with Gasteiger partial charge in [0, 0.05) is 25.7 Å². The molecule has 19 heteroatoms. The van der Waals surface area contributed by atoms with Gasteiger partial charge in [-0.2, -0.15) is 0 Å². The van der Waals surface area contributed by atoms with Crippen LogP contribution in [0.4, 0.5) is 0 Å². The van der Waals surface area contributed by atoms with Crippen molar-refractivity contribution in [3.8, 4) is 0 Å². The van der Waals surface area contributed by atoms with Crippen molar-refractivity contribution in [3.05, 3.63) is 158 Å². The Labute approximate surface area is 655 Å². The molecule has 5 atom stereocenters. The molecule has 0 saturated heterocycles. The molecule has 0 rings (SSSR count). The van der Waals surface area contributed by atoms with Crippen molar-refractivity contribution >= 4 is 39.5 Å². The number of carbonyl (C=O) groups is 4. The van der Waals surface area contributed by atoms with Crippen LogP contribution in [0.25, 0.3) is 0 Å². The van der Waals surface area contributed by atoms with Crippen LogP contribution in [0.3, 0.4) is 0 Å². The Balaban J connectivity index is 5.52. The third-order valence-corrected chi connectivity index (χ3v) is 18.9. The first-order valence-electron chi connectivity index (χ1n) is 41.7.